The van der Waals surface area contributed by atoms with E-state index in [-0.39, 0.29) is 17.2 Å². The van der Waals surface area contributed by atoms with Crippen molar-refractivity contribution in [2.45, 2.75) is 6.18 Å². The maximum atomic E-state index is 16.8. The minimum Gasteiger partial charge on any atom is -0.309 e. The SMILES string of the molecule is N#Cc1cccc(-c2ccc3c(c2)c2ccccc2n3-c2cc(-c3nc(-c4ccccc4)nc(-c4ccccc4)n3)cc(-n3c4ccccc4c4cc(-c5cccc(C#N)c5)ccc43)c2C(F)(F)F)c1. The van der Waals surface area contributed by atoms with Gasteiger partial charge in [-0.1, -0.05) is 133 Å². The molecule has 0 N–H and O–H groups in total. The third-order valence-electron chi connectivity index (χ3n) is 12.8. The zero-order valence-electron chi connectivity index (χ0n) is 36.9. The third kappa shape index (κ3) is 7.11. The molecule has 12 rings (SSSR count). The fourth-order valence-corrected chi connectivity index (χ4v) is 9.68. The second-order valence-corrected chi connectivity index (χ2v) is 17.0. The van der Waals surface area contributed by atoms with Crippen LogP contribution in [-0.2, 0) is 6.18 Å². The van der Waals surface area contributed by atoms with Gasteiger partial charge in [0.15, 0.2) is 17.5 Å². The van der Waals surface area contributed by atoms with Gasteiger partial charge in [0, 0.05) is 38.2 Å². The van der Waals surface area contributed by atoms with Crippen LogP contribution in [-0.4, -0.2) is 24.1 Å². The van der Waals surface area contributed by atoms with Crippen molar-refractivity contribution in [3.8, 4) is 79.9 Å². The topological polar surface area (TPSA) is 96.1 Å². The van der Waals surface area contributed by atoms with Crippen LogP contribution in [0.25, 0.3) is 111 Å². The molecule has 0 saturated carbocycles. The molecule has 0 fully saturated rings. The largest absolute Gasteiger partial charge is 0.420 e. The van der Waals surface area contributed by atoms with Crippen molar-refractivity contribution in [1.29, 1.82) is 10.5 Å². The highest BCUT2D eigenvalue weighted by molar-refractivity contribution is 6.12. The maximum Gasteiger partial charge on any atom is 0.420 e. The number of rotatable bonds is 7. The standard InChI is InChI=1S/C60H34F3N7/c61-60(62,63)56-54(69-50-23-9-7-21-46(50)48-31-43(25-27-52(48)69)41-19-11-13-37(29-41)35-64)33-45(59-67-57(39-15-3-1-4-16-39)66-58(68-59)40-17-5-2-6-18-40)34-55(56)70-51-24-10-8-22-47(51)49-32-44(26-28-53(49)70)42-20-12-14-38(30-42)36-65/h1-34H. The average Bonchev–Trinajstić information content (AvgIpc) is 3.93. The van der Waals surface area contributed by atoms with Crippen LogP contribution in [0.1, 0.15) is 16.7 Å². The van der Waals surface area contributed by atoms with E-state index in [9.17, 15) is 10.5 Å². The summed E-state index contributed by atoms with van der Waals surface area (Å²) >= 11 is 0. The lowest BCUT2D eigenvalue weighted by Gasteiger charge is -2.23. The summed E-state index contributed by atoms with van der Waals surface area (Å²) in [4.78, 5) is 15.0. The Kier molecular flexibility index (Phi) is 9.90. The van der Waals surface area contributed by atoms with E-state index in [4.69, 9.17) is 15.0 Å². The quantitative estimate of drug-likeness (QED) is 0.159. The van der Waals surface area contributed by atoms with Gasteiger partial charge in [-0.05, 0) is 95.1 Å². The molecule has 12 aromatic rings. The number of benzene rings is 9. The molecular formula is C60H34F3N7. The van der Waals surface area contributed by atoms with Crippen LogP contribution in [0.5, 0.6) is 0 Å². The predicted molar refractivity (Wildman–Crippen MR) is 270 cm³/mol. The van der Waals surface area contributed by atoms with E-state index in [0.717, 1.165) is 43.8 Å². The molecule has 0 aliphatic rings. The van der Waals surface area contributed by atoms with E-state index >= 15 is 13.2 Å². The number of fused-ring (bicyclic) bond motifs is 6. The van der Waals surface area contributed by atoms with Gasteiger partial charge in [-0.15, -0.1) is 0 Å². The lowest BCUT2D eigenvalue weighted by Crippen LogP contribution is -2.16. The van der Waals surface area contributed by atoms with Crippen LogP contribution < -0.4 is 0 Å². The number of nitriles is 2. The third-order valence-corrected chi connectivity index (χ3v) is 12.8. The van der Waals surface area contributed by atoms with Crippen molar-refractivity contribution >= 4 is 43.6 Å². The second kappa shape index (κ2) is 16.6. The molecule has 0 radical (unpaired) electrons. The average molecular weight is 910 g/mol. The number of aromatic nitrogens is 5. The van der Waals surface area contributed by atoms with E-state index in [0.29, 0.717) is 61.5 Å². The Labute approximate surface area is 398 Å². The zero-order valence-corrected chi connectivity index (χ0v) is 36.9. The smallest absolute Gasteiger partial charge is 0.309 e. The Morgan fingerprint density at radius 2 is 0.714 bits per heavy atom. The van der Waals surface area contributed by atoms with Crippen LogP contribution >= 0.6 is 0 Å². The molecule has 0 unspecified atom stereocenters. The highest BCUT2D eigenvalue weighted by Crippen LogP contribution is 2.47. The van der Waals surface area contributed by atoms with Gasteiger partial charge in [0.2, 0.25) is 0 Å². The van der Waals surface area contributed by atoms with E-state index < -0.39 is 11.7 Å². The Balaban J connectivity index is 1.20. The molecule has 3 heterocycles. The summed E-state index contributed by atoms with van der Waals surface area (Å²) < 4.78 is 53.8. The molecule has 330 valence electrons. The Morgan fingerprint density at radius 1 is 0.343 bits per heavy atom. The van der Waals surface area contributed by atoms with Gasteiger partial charge in [-0.25, -0.2) is 15.0 Å². The van der Waals surface area contributed by atoms with Gasteiger partial charge in [0.25, 0.3) is 0 Å². The molecule has 0 amide bonds. The van der Waals surface area contributed by atoms with Crippen molar-refractivity contribution in [2.75, 3.05) is 0 Å². The molecule has 0 saturated heterocycles. The number of halogens is 3. The summed E-state index contributed by atoms with van der Waals surface area (Å²) in [5.41, 5.74) is 7.12. The minimum absolute atomic E-state index is 0.121. The molecule has 3 aromatic heterocycles. The number of nitrogens with zero attached hydrogens (tertiary/aromatic N) is 7. The van der Waals surface area contributed by atoms with Gasteiger partial charge < -0.3 is 9.13 Å². The van der Waals surface area contributed by atoms with Gasteiger partial charge >= 0.3 is 6.18 Å². The van der Waals surface area contributed by atoms with Crippen molar-refractivity contribution in [2.24, 2.45) is 0 Å². The van der Waals surface area contributed by atoms with Crippen molar-refractivity contribution < 1.29 is 13.2 Å². The van der Waals surface area contributed by atoms with E-state index in [2.05, 4.69) is 12.1 Å². The molecule has 0 aliphatic carbocycles. The first kappa shape index (κ1) is 41.8. The summed E-state index contributed by atoms with van der Waals surface area (Å²) in [7, 11) is 0. The van der Waals surface area contributed by atoms with Crippen LogP contribution in [0, 0.1) is 22.7 Å². The van der Waals surface area contributed by atoms with Crippen molar-refractivity contribution in [3.05, 3.63) is 223 Å². The Hall–Kier alpha value is -9.64. The molecule has 9 aromatic carbocycles. The number of hydrogen-bond donors (Lipinski definition) is 0. The summed E-state index contributed by atoms with van der Waals surface area (Å²) in [6, 6.07) is 67.3. The second-order valence-electron chi connectivity index (χ2n) is 17.0. The van der Waals surface area contributed by atoms with Crippen LogP contribution in [0.4, 0.5) is 13.2 Å². The zero-order chi connectivity index (χ0) is 47.5. The van der Waals surface area contributed by atoms with Gasteiger partial charge in [0.1, 0.15) is 5.56 Å². The van der Waals surface area contributed by atoms with E-state index in [1.165, 1.54) is 0 Å². The van der Waals surface area contributed by atoms with Gasteiger partial charge in [0.05, 0.1) is 56.7 Å². The van der Waals surface area contributed by atoms with Gasteiger partial charge in [-0.3, -0.25) is 0 Å². The molecule has 0 aliphatic heterocycles. The molecule has 7 nitrogen and oxygen atoms in total. The highest BCUT2D eigenvalue weighted by atomic mass is 19.4. The monoisotopic (exact) mass is 909 g/mol. The molecule has 0 atom stereocenters. The van der Waals surface area contributed by atoms with Crippen LogP contribution in [0.15, 0.2) is 206 Å². The normalized spacial score (nSPS) is 11.6. The molecule has 0 bridgehead atoms. The highest BCUT2D eigenvalue weighted by Gasteiger charge is 2.40. The molecule has 0 spiro atoms. The van der Waals surface area contributed by atoms with Crippen LogP contribution in [0.2, 0.25) is 0 Å². The summed E-state index contributed by atoms with van der Waals surface area (Å²) in [5, 5.41) is 22.4. The fraction of sp³-hybridized carbons (Fsp3) is 0.0167. The molecule has 10 heteroatoms. The first-order chi connectivity index (χ1) is 34.2. The van der Waals surface area contributed by atoms with Crippen molar-refractivity contribution in [3.63, 3.8) is 0 Å². The number of alkyl halides is 3. The minimum atomic E-state index is -4.91. The number of para-hydroxylation sites is 2. The molecule has 70 heavy (non-hydrogen) atoms. The lowest BCUT2D eigenvalue weighted by atomic mass is 10.0. The Bertz CT molecular complexity index is 3890. The van der Waals surface area contributed by atoms with Gasteiger partial charge in [-0.2, -0.15) is 23.7 Å². The first-order valence-electron chi connectivity index (χ1n) is 22.4. The summed E-state index contributed by atoms with van der Waals surface area (Å²) in [6.07, 6.45) is -4.91. The van der Waals surface area contributed by atoms with Crippen LogP contribution in [0.3, 0.4) is 0 Å². The van der Waals surface area contributed by atoms with E-state index in [1.54, 1.807) is 45.5 Å². The van der Waals surface area contributed by atoms with Crippen molar-refractivity contribution in [1.82, 2.24) is 24.1 Å². The summed E-state index contributed by atoms with van der Waals surface area (Å²) in [5.74, 6) is 0.911. The maximum absolute atomic E-state index is 16.8. The van der Waals surface area contributed by atoms with E-state index in [1.807, 2.05) is 170 Å². The first-order valence-corrected chi connectivity index (χ1v) is 22.4. The fourth-order valence-electron chi connectivity index (χ4n) is 9.68. The summed E-state index contributed by atoms with van der Waals surface area (Å²) in [6.45, 7) is 0. The number of hydrogen-bond acceptors (Lipinski definition) is 5. The predicted octanol–water partition coefficient (Wildman–Crippen LogP) is 15.2. The Morgan fingerprint density at radius 3 is 1.14 bits per heavy atom. The lowest BCUT2D eigenvalue weighted by molar-refractivity contribution is -0.137. The molecular weight excluding hydrogens is 876 g/mol.